The molecule has 0 amide bonds. The van der Waals surface area contributed by atoms with Crippen LogP contribution in [-0.2, 0) is 9.84 Å². The molecule has 7 heteroatoms. The first-order valence-electron chi connectivity index (χ1n) is 5.82. The Morgan fingerprint density at radius 3 is 2.30 bits per heavy atom. The van der Waals surface area contributed by atoms with Crippen molar-refractivity contribution in [1.29, 1.82) is 0 Å². The number of rotatable bonds is 5. The average molecular weight is 306 g/mol. The zero-order valence-electron chi connectivity index (χ0n) is 11.6. The number of benzene rings is 1. The van der Waals surface area contributed by atoms with Gasteiger partial charge in [-0.1, -0.05) is 0 Å². The minimum atomic E-state index is -3.49. The number of hydrogen-bond acceptors (Lipinski definition) is 4. The van der Waals surface area contributed by atoms with Gasteiger partial charge in [-0.2, -0.15) is 0 Å². The monoisotopic (exact) mass is 306 g/mol. The maximum absolute atomic E-state index is 13.1. The highest BCUT2D eigenvalue weighted by molar-refractivity contribution is 7.90. The Morgan fingerprint density at radius 1 is 1.35 bits per heavy atom. The Bertz CT molecular complexity index is 618. The lowest BCUT2D eigenvalue weighted by Crippen LogP contribution is -2.32. The van der Waals surface area contributed by atoms with E-state index in [9.17, 15) is 22.0 Å². The second kappa shape index (κ2) is 5.47. The van der Waals surface area contributed by atoms with Crippen molar-refractivity contribution in [3.63, 3.8) is 0 Å². The second-order valence-electron chi connectivity index (χ2n) is 4.70. The third kappa shape index (κ3) is 4.00. The first-order chi connectivity index (χ1) is 8.93. The van der Waals surface area contributed by atoms with Crippen molar-refractivity contribution in [3.05, 3.63) is 23.8 Å². The molecule has 1 rings (SSSR count). The molecule has 0 aromatic heterocycles. The molecule has 1 atom stereocenters. The molecule has 0 fully saturated rings. The first kappa shape index (κ1) is 16.6. The minimum Gasteiger partial charge on any atom is -0.484 e. The summed E-state index contributed by atoms with van der Waals surface area (Å²) in [5.74, 6) is -3.60. The fourth-order valence-electron chi connectivity index (χ4n) is 1.41. The number of halogens is 2. The normalized spacial score (nSPS) is 13.9. The fourth-order valence-corrected chi connectivity index (χ4v) is 2.06. The van der Waals surface area contributed by atoms with E-state index in [-0.39, 0.29) is 16.2 Å². The van der Waals surface area contributed by atoms with E-state index >= 15 is 0 Å². The van der Waals surface area contributed by atoms with E-state index in [1.54, 1.807) is 0 Å². The van der Waals surface area contributed by atoms with Crippen LogP contribution >= 0.6 is 0 Å². The van der Waals surface area contributed by atoms with Gasteiger partial charge in [0, 0.05) is 13.2 Å². The van der Waals surface area contributed by atoms with Crippen LogP contribution in [0.2, 0.25) is 0 Å². The lowest BCUT2D eigenvalue weighted by molar-refractivity contribution is -0.0719. The molecule has 0 bridgehead atoms. The molecular weight excluding hydrogens is 290 g/mol. The zero-order chi connectivity index (χ0) is 15.7. The highest BCUT2D eigenvalue weighted by Gasteiger charge is 2.32. The van der Waals surface area contributed by atoms with E-state index in [0.717, 1.165) is 12.3 Å². The number of Topliss-reactive ketones (excluding diaryl/α,β-unsaturated/α-hetero) is 1. The SMILES string of the molecule is CC(=O)c1cc(S(C)(=O)=O)ccc1O[C@H](C)C(C)(F)F. The third-order valence-corrected chi connectivity index (χ3v) is 3.89. The van der Waals surface area contributed by atoms with Gasteiger partial charge in [-0.25, -0.2) is 17.2 Å². The van der Waals surface area contributed by atoms with Gasteiger partial charge in [-0.3, -0.25) is 4.79 Å². The molecule has 0 radical (unpaired) electrons. The smallest absolute Gasteiger partial charge is 0.281 e. The summed E-state index contributed by atoms with van der Waals surface area (Å²) in [5, 5.41) is 0. The lowest BCUT2D eigenvalue weighted by Gasteiger charge is -2.22. The van der Waals surface area contributed by atoms with Crippen LogP contribution in [0.3, 0.4) is 0 Å². The van der Waals surface area contributed by atoms with Crippen LogP contribution < -0.4 is 4.74 Å². The summed E-state index contributed by atoms with van der Waals surface area (Å²) < 4.78 is 54.1. The molecular formula is C13H16F2O4S. The van der Waals surface area contributed by atoms with E-state index in [0.29, 0.717) is 6.92 Å². The predicted molar refractivity (Wildman–Crippen MR) is 70.3 cm³/mol. The van der Waals surface area contributed by atoms with Crippen LogP contribution in [0.1, 0.15) is 31.1 Å². The number of sulfone groups is 1. The molecule has 0 N–H and O–H groups in total. The Kier molecular flexibility index (Phi) is 4.53. The van der Waals surface area contributed by atoms with E-state index in [4.69, 9.17) is 4.74 Å². The van der Waals surface area contributed by atoms with E-state index in [2.05, 4.69) is 0 Å². The predicted octanol–water partition coefficient (Wildman–Crippen LogP) is 2.72. The quantitative estimate of drug-likeness (QED) is 0.785. The summed E-state index contributed by atoms with van der Waals surface area (Å²) in [6.07, 6.45) is -0.444. The molecule has 0 aliphatic rings. The van der Waals surface area contributed by atoms with Crippen molar-refractivity contribution in [2.45, 2.75) is 37.7 Å². The molecule has 0 unspecified atom stereocenters. The number of ether oxygens (including phenoxy) is 1. The Morgan fingerprint density at radius 2 is 1.90 bits per heavy atom. The number of carbonyl (C=O) groups is 1. The van der Waals surface area contributed by atoms with Gasteiger partial charge in [0.1, 0.15) is 5.75 Å². The van der Waals surface area contributed by atoms with E-state index in [1.807, 2.05) is 0 Å². The summed E-state index contributed by atoms with van der Waals surface area (Å²) in [7, 11) is -3.49. The van der Waals surface area contributed by atoms with Crippen LogP contribution in [0.25, 0.3) is 0 Å². The summed E-state index contributed by atoms with van der Waals surface area (Å²) in [5.41, 5.74) is -0.0379. The third-order valence-electron chi connectivity index (χ3n) is 2.78. The fraction of sp³-hybridized carbons (Fsp3) is 0.462. The summed E-state index contributed by atoms with van der Waals surface area (Å²) in [6.45, 7) is 3.09. The summed E-state index contributed by atoms with van der Waals surface area (Å²) in [6, 6.07) is 3.57. The van der Waals surface area contributed by atoms with Gasteiger partial charge in [-0.05, 0) is 32.0 Å². The molecule has 4 nitrogen and oxygen atoms in total. The van der Waals surface area contributed by atoms with E-state index in [1.165, 1.54) is 26.0 Å². The average Bonchev–Trinajstić information content (AvgIpc) is 2.26. The Hall–Kier alpha value is -1.50. The van der Waals surface area contributed by atoms with Gasteiger partial charge >= 0.3 is 0 Å². The molecule has 0 aliphatic heterocycles. The largest absolute Gasteiger partial charge is 0.484 e. The van der Waals surface area contributed by atoms with E-state index < -0.39 is 27.6 Å². The highest BCUT2D eigenvalue weighted by atomic mass is 32.2. The van der Waals surface area contributed by atoms with Gasteiger partial charge in [0.05, 0.1) is 10.5 Å². The molecule has 0 saturated heterocycles. The maximum atomic E-state index is 13.1. The second-order valence-corrected chi connectivity index (χ2v) is 6.72. The molecule has 112 valence electrons. The van der Waals surface area contributed by atoms with Gasteiger partial charge in [0.15, 0.2) is 21.7 Å². The summed E-state index contributed by atoms with van der Waals surface area (Å²) >= 11 is 0. The number of ketones is 1. The number of hydrogen-bond donors (Lipinski definition) is 0. The van der Waals surface area contributed by atoms with Gasteiger partial charge < -0.3 is 4.74 Å². The molecule has 0 heterocycles. The van der Waals surface area contributed by atoms with Crippen molar-refractivity contribution in [2.75, 3.05) is 6.26 Å². The Balaban J connectivity index is 3.25. The molecule has 0 spiro atoms. The molecule has 0 saturated carbocycles. The molecule has 20 heavy (non-hydrogen) atoms. The van der Waals surface area contributed by atoms with Gasteiger partial charge in [0.25, 0.3) is 5.92 Å². The number of alkyl halides is 2. The topological polar surface area (TPSA) is 60.4 Å². The number of carbonyl (C=O) groups excluding carboxylic acids is 1. The van der Waals surface area contributed by atoms with Crippen LogP contribution in [0.4, 0.5) is 8.78 Å². The highest BCUT2D eigenvalue weighted by Crippen LogP contribution is 2.28. The van der Waals surface area contributed by atoms with Crippen molar-refractivity contribution in [3.8, 4) is 5.75 Å². The standard InChI is InChI=1S/C13H16F2O4S/c1-8(16)11-7-10(20(4,17)18)5-6-12(11)19-9(2)13(3,14)15/h5-7,9H,1-4H3/t9-/m1/s1. The van der Waals surface area contributed by atoms with Crippen molar-refractivity contribution in [1.82, 2.24) is 0 Å². The molecule has 1 aromatic carbocycles. The van der Waals surface area contributed by atoms with Gasteiger partial charge in [-0.15, -0.1) is 0 Å². The van der Waals surface area contributed by atoms with Gasteiger partial charge in [0.2, 0.25) is 0 Å². The van der Waals surface area contributed by atoms with Crippen molar-refractivity contribution < 1.29 is 26.7 Å². The summed E-state index contributed by atoms with van der Waals surface area (Å²) in [4.78, 5) is 11.5. The first-order valence-corrected chi connectivity index (χ1v) is 7.71. The van der Waals surface area contributed by atoms with Crippen LogP contribution in [-0.4, -0.2) is 32.5 Å². The minimum absolute atomic E-state index is 0.0379. The van der Waals surface area contributed by atoms with Crippen LogP contribution in [0, 0.1) is 0 Å². The van der Waals surface area contributed by atoms with Crippen molar-refractivity contribution >= 4 is 15.6 Å². The molecule has 0 aliphatic carbocycles. The molecule has 1 aromatic rings. The maximum Gasteiger partial charge on any atom is 0.281 e. The van der Waals surface area contributed by atoms with Crippen molar-refractivity contribution in [2.24, 2.45) is 0 Å². The Labute approximate surface area is 116 Å². The van der Waals surface area contributed by atoms with Crippen LogP contribution in [0.5, 0.6) is 5.75 Å². The zero-order valence-corrected chi connectivity index (χ0v) is 12.4. The van der Waals surface area contributed by atoms with Crippen LogP contribution in [0.15, 0.2) is 23.1 Å². The lowest BCUT2D eigenvalue weighted by atomic mass is 10.1.